The average molecular weight is 368 g/mol. The molecule has 0 N–H and O–H groups in total. The fraction of sp³-hybridized carbons (Fsp3) is 0.476. The summed E-state index contributed by atoms with van der Waals surface area (Å²) in [6, 6.07) is 7.93. The van der Waals surface area contributed by atoms with E-state index in [0.717, 1.165) is 67.5 Å². The number of carbonyl (C=O) groups is 1. The third-order valence-electron chi connectivity index (χ3n) is 4.99. The molecule has 144 valence electrons. The van der Waals surface area contributed by atoms with Crippen LogP contribution in [0.25, 0.3) is 0 Å². The molecule has 6 heteroatoms. The Hall–Kier alpha value is -2.63. The number of hydrogen-bond acceptors (Lipinski definition) is 5. The number of nitrogens with zero attached hydrogens (tertiary/aromatic N) is 4. The molecule has 0 unspecified atom stereocenters. The van der Waals surface area contributed by atoms with Crippen LogP contribution in [0.4, 0.5) is 5.82 Å². The minimum absolute atomic E-state index is 0.222. The van der Waals surface area contributed by atoms with Gasteiger partial charge in [0.05, 0.1) is 18.5 Å². The lowest BCUT2D eigenvalue weighted by Crippen LogP contribution is -2.35. The predicted octanol–water partition coefficient (Wildman–Crippen LogP) is 2.77. The van der Waals surface area contributed by atoms with Crippen LogP contribution in [0.15, 0.2) is 30.5 Å². The third kappa shape index (κ3) is 4.96. The average Bonchev–Trinajstić information content (AvgIpc) is 2.94. The fourth-order valence-electron chi connectivity index (χ4n) is 3.40. The minimum Gasteiger partial charge on any atom is -0.497 e. The number of ether oxygens (including phenoxy) is 1. The molecule has 1 amide bonds. The summed E-state index contributed by atoms with van der Waals surface area (Å²) in [5.74, 6) is 2.01. The second-order valence-corrected chi connectivity index (χ2v) is 6.99. The highest BCUT2D eigenvalue weighted by Gasteiger charge is 2.21. The van der Waals surface area contributed by atoms with Crippen molar-refractivity contribution < 1.29 is 9.53 Å². The van der Waals surface area contributed by atoms with Gasteiger partial charge in [-0.3, -0.25) is 9.78 Å². The normalized spacial score (nSPS) is 14.8. The maximum atomic E-state index is 12.7. The van der Waals surface area contributed by atoms with E-state index >= 15 is 0 Å². The topological polar surface area (TPSA) is 58.6 Å². The highest BCUT2D eigenvalue weighted by Crippen LogP contribution is 2.18. The van der Waals surface area contributed by atoms with Crippen molar-refractivity contribution in [3.8, 4) is 5.75 Å². The lowest BCUT2D eigenvalue weighted by Gasteiger charge is -2.24. The first-order valence-electron chi connectivity index (χ1n) is 9.52. The summed E-state index contributed by atoms with van der Waals surface area (Å²) in [5, 5.41) is 0. The van der Waals surface area contributed by atoms with Crippen LogP contribution in [-0.2, 0) is 11.2 Å². The predicted molar refractivity (Wildman–Crippen MR) is 106 cm³/mol. The molecule has 2 heterocycles. The second kappa shape index (κ2) is 8.84. The first-order chi connectivity index (χ1) is 13.1. The fourth-order valence-corrected chi connectivity index (χ4v) is 3.40. The summed E-state index contributed by atoms with van der Waals surface area (Å²) < 4.78 is 5.18. The van der Waals surface area contributed by atoms with Crippen LogP contribution in [0.5, 0.6) is 5.75 Å². The van der Waals surface area contributed by atoms with Gasteiger partial charge in [-0.25, -0.2) is 4.98 Å². The zero-order chi connectivity index (χ0) is 19.2. The molecule has 0 radical (unpaired) electrons. The molecule has 0 saturated carbocycles. The van der Waals surface area contributed by atoms with E-state index in [9.17, 15) is 4.79 Å². The Morgan fingerprint density at radius 2 is 1.89 bits per heavy atom. The summed E-state index contributed by atoms with van der Waals surface area (Å²) >= 11 is 0. The molecule has 1 aromatic heterocycles. The molecule has 1 aliphatic heterocycles. The molecular formula is C21H28N4O2. The van der Waals surface area contributed by atoms with Crippen molar-refractivity contribution in [2.75, 3.05) is 38.2 Å². The third-order valence-corrected chi connectivity index (χ3v) is 4.99. The molecule has 0 bridgehead atoms. The number of hydrogen-bond donors (Lipinski definition) is 0. The van der Waals surface area contributed by atoms with E-state index in [1.807, 2.05) is 43.0 Å². The quantitative estimate of drug-likeness (QED) is 0.812. The highest BCUT2D eigenvalue weighted by molar-refractivity contribution is 5.76. The standard InChI is InChI=1S/C21H28N4O2/c1-16-15-22-17(2)21(23-16)25-12-4-11-24(13-14-25)20(26)10-7-18-5-8-19(27-3)9-6-18/h5-6,8-9,15H,4,7,10-14H2,1-3H3. The first kappa shape index (κ1) is 19.1. The van der Waals surface area contributed by atoms with E-state index in [-0.39, 0.29) is 5.91 Å². The summed E-state index contributed by atoms with van der Waals surface area (Å²) in [6.45, 7) is 7.19. The second-order valence-electron chi connectivity index (χ2n) is 6.99. The zero-order valence-electron chi connectivity index (χ0n) is 16.4. The van der Waals surface area contributed by atoms with Crippen molar-refractivity contribution in [3.05, 3.63) is 47.4 Å². The van der Waals surface area contributed by atoms with Crippen LogP contribution in [0.3, 0.4) is 0 Å². The Morgan fingerprint density at radius 3 is 2.63 bits per heavy atom. The number of benzene rings is 1. The zero-order valence-corrected chi connectivity index (χ0v) is 16.4. The largest absolute Gasteiger partial charge is 0.497 e. The van der Waals surface area contributed by atoms with Crippen molar-refractivity contribution in [2.45, 2.75) is 33.1 Å². The highest BCUT2D eigenvalue weighted by atomic mass is 16.5. The van der Waals surface area contributed by atoms with Gasteiger partial charge in [0.25, 0.3) is 0 Å². The monoisotopic (exact) mass is 368 g/mol. The molecule has 1 fully saturated rings. The van der Waals surface area contributed by atoms with Crippen LogP contribution in [0.1, 0.15) is 29.8 Å². The van der Waals surface area contributed by atoms with Gasteiger partial charge in [0.15, 0.2) is 0 Å². The lowest BCUT2D eigenvalue weighted by atomic mass is 10.1. The number of methoxy groups -OCH3 is 1. The number of aromatic nitrogens is 2. The van der Waals surface area contributed by atoms with Crippen molar-refractivity contribution in [1.29, 1.82) is 0 Å². The van der Waals surface area contributed by atoms with E-state index in [1.54, 1.807) is 13.3 Å². The van der Waals surface area contributed by atoms with Crippen LogP contribution in [0.2, 0.25) is 0 Å². The Balaban J connectivity index is 1.55. The van der Waals surface area contributed by atoms with Crippen LogP contribution < -0.4 is 9.64 Å². The summed E-state index contributed by atoms with van der Waals surface area (Å²) in [4.78, 5) is 26.0. The molecule has 1 saturated heterocycles. The minimum atomic E-state index is 0.222. The Kier molecular flexibility index (Phi) is 6.27. The Labute approximate surface area is 161 Å². The van der Waals surface area contributed by atoms with Gasteiger partial charge in [-0.2, -0.15) is 0 Å². The molecule has 0 aliphatic carbocycles. The van der Waals surface area contributed by atoms with Gasteiger partial charge in [-0.15, -0.1) is 0 Å². The molecule has 27 heavy (non-hydrogen) atoms. The number of carbonyl (C=O) groups excluding carboxylic acids is 1. The van der Waals surface area contributed by atoms with Gasteiger partial charge in [0, 0.05) is 38.8 Å². The Morgan fingerprint density at radius 1 is 1.11 bits per heavy atom. The number of amides is 1. The molecule has 0 spiro atoms. The number of aryl methyl sites for hydroxylation is 3. The maximum Gasteiger partial charge on any atom is 0.222 e. The van der Waals surface area contributed by atoms with E-state index in [4.69, 9.17) is 4.74 Å². The molecule has 6 nitrogen and oxygen atoms in total. The van der Waals surface area contributed by atoms with Gasteiger partial charge < -0.3 is 14.5 Å². The molecule has 3 rings (SSSR count). The van der Waals surface area contributed by atoms with Gasteiger partial charge in [0.1, 0.15) is 11.6 Å². The smallest absolute Gasteiger partial charge is 0.222 e. The SMILES string of the molecule is COc1ccc(CCC(=O)N2CCCN(c3nc(C)cnc3C)CC2)cc1. The van der Waals surface area contributed by atoms with E-state index in [1.165, 1.54) is 0 Å². The van der Waals surface area contributed by atoms with Gasteiger partial charge in [-0.1, -0.05) is 12.1 Å². The van der Waals surface area contributed by atoms with Crippen molar-refractivity contribution >= 4 is 11.7 Å². The maximum absolute atomic E-state index is 12.7. The van der Waals surface area contributed by atoms with E-state index < -0.39 is 0 Å². The van der Waals surface area contributed by atoms with Crippen LogP contribution >= 0.6 is 0 Å². The van der Waals surface area contributed by atoms with E-state index in [2.05, 4.69) is 14.9 Å². The molecule has 1 aromatic carbocycles. The Bertz CT molecular complexity index is 776. The first-order valence-corrected chi connectivity index (χ1v) is 9.52. The molecule has 0 atom stereocenters. The summed E-state index contributed by atoms with van der Waals surface area (Å²) in [7, 11) is 1.66. The van der Waals surface area contributed by atoms with Crippen LogP contribution in [0, 0.1) is 13.8 Å². The molecular weight excluding hydrogens is 340 g/mol. The molecule has 1 aliphatic rings. The van der Waals surface area contributed by atoms with Crippen molar-refractivity contribution in [1.82, 2.24) is 14.9 Å². The molecule has 2 aromatic rings. The lowest BCUT2D eigenvalue weighted by molar-refractivity contribution is -0.130. The number of rotatable bonds is 5. The van der Waals surface area contributed by atoms with Gasteiger partial charge >= 0.3 is 0 Å². The van der Waals surface area contributed by atoms with Gasteiger partial charge in [0.2, 0.25) is 5.91 Å². The van der Waals surface area contributed by atoms with E-state index in [0.29, 0.717) is 6.42 Å². The van der Waals surface area contributed by atoms with Crippen molar-refractivity contribution in [3.63, 3.8) is 0 Å². The number of anilines is 1. The van der Waals surface area contributed by atoms with Crippen molar-refractivity contribution in [2.24, 2.45) is 0 Å². The summed E-state index contributed by atoms with van der Waals surface area (Å²) in [5.41, 5.74) is 3.03. The summed E-state index contributed by atoms with van der Waals surface area (Å²) in [6.07, 6.45) is 4.04. The van der Waals surface area contributed by atoms with Gasteiger partial charge in [-0.05, 0) is 44.4 Å². The van der Waals surface area contributed by atoms with Crippen LogP contribution in [-0.4, -0.2) is 54.1 Å².